The summed E-state index contributed by atoms with van der Waals surface area (Å²) in [4.78, 5) is 4.15. The van der Waals surface area contributed by atoms with Gasteiger partial charge < -0.3 is 14.6 Å². The topological polar surface area (TPSA) is 51.6 Å². The molecule has 0 spiro atoms. The number of aromatic nitrogens is 1. The molecule has 0 aliphatic heterocycles. The molecule has 1 aromatic heterocycles. The van der Waals surface area contributed by atoms with Crippen LogP contribution in [0.3, 0.4) is 0 Å². The lowest BCUT2D eigenvalue weighted by atomic mass is 10.2. The Morgan fingerprint density at radius 3 is 2.53 bits per heavy atom. The monoisotopic (exact) mass is 275 g/mol. The van der Waals surface area contributed by atoms with Crippen molar-refractivity contribution in [3.63, 3.8) is 0 Å². The molecule has 0 amide bonds. The molecule has 5 heteroatoms. The van der Waals surface area contributed by atoms with Crippen LogP contribution in [0.25, 0.3) is 0 Å². The van der Waals surface area contributed by atoms with Gasteiger partial charge in [0.1, 0.15) is 6.10 Å². The van der Waals surface area contributed by atoms with Crippen molar-refractivity contribution in [2.24, 2.45) is 0 Å². The van der Waals surface area contributed by atoms with E-state index in [-0.39, 0.29) is 0 Å². The molecule has 1 rings (SSSR count). The zero-order valence-electron chi connectivity index (χ0n) is 8.68. The summed E-state index contributed by atoms with van der Waals surface area (Å²) in [6.45, 7) is 0. The van der Waals surface area contributed by atoms with Crippen LogP contribution in [0.2, 0.25) is 0 Å². The second kappa shape index (κ2) is 6.17. The van der Waals surface area contributed by atoms with Crippen molar-refractivity contribution < 1.29 is 14.6 Å². The molecule has 0 aromatic carbocycles. The van der Waals surface area contributed by atoms with E-state index in [0.29, 0.717) is 6.42 Å². The molecule has 0 fully saturated rings. The Labute approximate surface area is 97.4 Å². The van der Waals surface area contributed by atoms with E-state index in [4.69, 9.17) is 9.47 Å². The Hall–Kier alpha value is -0.490. The zero-order valence-corrected chi connectivity index (χ0v) is 10.3. The molecule has 0 aliphatic carbocycles. The van der Waals surface area contributed by atoms with Gasteiger partial charge in [-0.1, -0.05) is 0 Å². The minimum absolute atomic E-state index is 0.402. The minimum atomic E-state index is -0.714. The molecule has 84 valence electrons. The lowest BCUT2D eigenvalue weighted by Crippen LogP contribution is -2.31. The third kappa shape index (κ3) is 3.87. The van der Waals surface area contributed by atoms with Crippen LogP contribution >= 0.6 is 15.9 Å². The first kappa shape index (κ1) is 12.6. The first-order valence-electron chi connectivity index (χ1n) is 4.51. The van der Waals surface area contributed by atoms with Crippen LogP contribution in [0, 0.1) is 0 Å². The predicted octanol–water partition coefficient (Wildman–Crippen LogP) is 1.37. The van der Waals surface area contributed by atoms with E-state index in [1.165, 1.54) is 14.2 Å². The fourth-order valence-corrected chi connectivity index (χ4v) is 1.48. The maximum Gasteiger partial charge on any atom is 0.183 e. The van der Waals surface area contributed by atoms with E-state index >= 15 is 0 Å². The van der Waals surface area contributed by atoms with Gasteiger partial charge in [0.05, 0.1) is 0 Å². The SMILES string of the molecule is COC(OC)C(O)Cc1ccc(Br)cn1. The Morgan fingerprint density at radius 1 is 1.40 bits per heavy atom. The molecule has 1 unspecified atom stereocenters. The van der Waals surface area contributed by atoms with Gasteiger partial charge in [-0.2, -0.15) is 0 Å². The normalized spacial score (nSPS) is 13.1. The summed E-state index contributed by atoms with van der Waals surface area (Å²) < 4.78 is 10.8. The number of rotatable bonds is 5. The van der Waals surface area contributed by atoms with Gasteiger partial charge in [-0.25, -0.2) is 0 Å². The standard InChI is InChI=1S/C10H14BrNO3/c1-14-10(15-2)9(13)5-8-4-3-7(11)6-12-8/h3-4,6,9-10,13H,5H2,1-2H3. The number of ether oxygens (including phenoxy) is 2. The average molecular weight is 276 g/mol. The predicted molar refractivity (Wildman–Crippen MR) is 59.5 cm³/mol. The summed E-state index contributed by atoms with van der Waals surface area (Å²) in [6, 6.07) is 3.72. The lowest BCUT2D eigenvalue weighted by Gasteiger charge is -2.19. The number of nitrogens with zero attached hydrogens (tertiary/aromatic N) is 1. The van der Waals surface area contributed by atoms with Gasteiger partial charge in [0.15, 0.2) is 6.29 Å². The van der Waals surface area contributed by atoms with Crippen LogP contribution < -0.4 is 0 Å². The Bertz CT molecular complexity index is 287. The number of halogens is 1. The van der Waals surface area contributed by atoms with E-state index < -0.39 is 12.4 Å². The number of aliphatic hydroxyl groups excluding tert-OH is 1. The number of methoxy groups -OCH3 is 2. The molecule has 0 saturated carbocycles. The second-order valence-electron chi connectivity index (χ2n) is 3.08. The molecule has 4 nitrogen and oxygen atoms in total. The van der Waals surface area contributed by atoms with E-state index in [2.05, 4.69) is 20.9 Å². The fraction of sp³-hybridized carbons (Fsp3) is 0.500. The Morgan fingerprint density at radius 2 is 2.07 bits per heavy atom. The number of aliphatic hydroxyl groups is 1. The molecule has 1 atom stereocenters. The maximum atomic E-state index is 9.73. The van der Waals surface area contributed by atoms with Crippen LogP contribution in [0.1, 0.15) is 5.69 Å². The van der Waals surface area contributed by atoms with Crippen molar-refractivity contribution in [2.75, 3.05) is 14.2 Å². The largest absolute Gasteiger partial charge is 0.387 e. The maximum absolute atomic E-state index is 9.73. The molecule has 0 saturated heterocycles. The van der Waals surface area contributed by atoms with Crippen LogP contribution in [-0.4, -0.2) is 36.7 Å². The van der Waals surface area contributed by atoms with E-state index in [1.54, 1.807) is 6.20 Å². The molecule has 0 radical (unpaired) electrons. The van der Waals surface area contributed by atoms with Crippen molar-refractivity contribution in [2.45, 2.75) is 18.8 Å². The van der Waals surface area contributed by atoms with Gasteiger partial charge in [-0.15, -0.1) is 0 Å². The third-order valence-electron chi connectivity index (χ3n) is 1.99. The summed E-state index contributed by atoms with van der Waals surface area (Å²) in [6.07, 6.45) is 0.764. The highest BCUT2D eigenvalue weighted by molar-refractivity contribution is 9.10. The molecular formula is C10H14BrNO3. The molecule has 0 bridgehead atoms. The highest BCUT2D eigenvalue weighted by Crippen LogP contribution is 2.10. The number of pyridine rings is 1. The van der Waals surface area contributed by atoms with Crippen molar-refractivity contribution in [1.82, 2.24) is 4.98 Å². The summed E-state index contributed by atoms with van der Waals surface area (Å²) in [5.41, 5.74) is 0.796. The summed E-state index contributed by atoms with van der Waals surface area (Å²) in [5.74, 6) is 0. The van der Waals surface area contributed by atoms with Crippen molar-refractivity contribution in [1.29, 1.82) is 0 Å². The molecule has 0 aliphatic rings. The van der Waals surface area contributed by atoms with Crippen molar-refractivity contribution in [3.8, 4) is 0 Å². The fourth-order valence-electron chi connectivity index (χ4n) is 1.25. The molecule has 15 heavy (non-hydrogen) atoms. The number of hydrogen-bond donors (Lipinski definition) is 1. The Balaban J connectivity index is 2.57. The van der Waals surface area contributed by atoms with Crippen LogP contribution in [0.15, 0.2) is 22.8 Å². The van der Waals surface area contributed by atoms with Gasteiger partial charge in [-0.3, -0.25) is 4.98 Å². The molecule has 1 N–H and O–H groups in total. The third-order valence-corrected chi connectivity index (χ3v) is 2.45. The van der Waals surface area contributed by atoms with Crippen molar-refractivity contribution >= 4 is 15.9 Å². The van der Waals surface area contributed by atoms with Gasteiger partial charge in [0.25, 0.3) is 0 Å². The molecule has 1 aromatic rings. The highest BCUT2D eigenvalue weighted by atomic mass is 79.9. The highest BCUT2D eigenvalue weighted by Gasteiger charge is 2.18. The summed E-state index contributed by atoms with van der Waals surface area (Å²) in [7, 11) is 2.98. The van der Waals surface area contributed by atoms with Crippen LogP contribution in [0.4, 0.5) is 0 Å². The van der Waals surface area contributed by atoms with Crippen LogP contribution in [-0.2, 0) is 15.9 Å². The second-order valence-corrected chi connectivity index (χ2v) is 3.99. The van der Waals surface area contributed by atoms with E-state index in [0.717, 1.165) is 10.2 Å². The van der Waals surface area contributed by atoms with E-state index in [9.17, 15) is 5.11 Å². The zero-order chi connectivity index (χ0) is 11.3. The lowest BCUT2D eigenvalue weighted by molar-refractivity contribution is -0.163. The van der Waals surface area contributed by atoms with E-state index in [1.807, 2.05) is 12.1 Å². The first-order chi connectivity index (χ1) is 7.17. The van der Waals surface area contributed by atoms with Crippen molar-refractivity contribution in [3.05, 3.63) is 28.5 Å². The smallest absolute Gasteiger partial charge is 0.183 e. The Kier molecular flexibility index (Phi) is 5.17. The van der Waals surface area contributed by atoms with Crippen LogP contribution in [0.5, 0.6) is 0 Å². The molecular weight excluding hydrogens is 262 g/mol. The quantitative estimate of drug-likeness (QED) is 0.825. The van der Waals surface area contributed by atoms with Gasteiger partial charge in [-0.05, 0) is 28.1 Å². The first-order valence-corrected chi connectivity index (χ1v) is 5.30. The average Bonchev–Trinajstić information content (AvgIpc) is 2.23. The number of hydrogen-bond acceptors (Lipinski definition) is 4. The minimum Gasteiger partial charge on any atom is -0.387 e. The van der Waals surface area contributed by atoms with Gasteiger partial charge >= 0.3 is 0 Å². The summed E-state index contributed by atoms with van der Waals surface area (Å²) >= 11 is 3.29. The van der Waals surface area contributed by atoms with Gasteiger partial charge in [0.2, 0.25) is 0 Å². The molecule has 1 heterocycles. The van der Waals surface area contributed by atoms with Gasteiger partial charge in [0, 0.05) is 37.0 Å². The summed E-state index contributed by atoms with van der Waals surface area (Å²) in [5, 5.41) is 9.73.